The van der Waals surface area contributed by atoms with Crippen molar-refractivity contribution in [2.75, 3.05) is 31.1 Å². The quantitative estimate of drug-likeness (QED) is 0.700. The maximum absolute atomic E-state index is 11.3. The number of carbonyl (C=O) groups is 1. The number of anilines is 1. The van der Waals surface area contributed by atoms with Crippen LogP contribution < -0.4 is 10.6 Å². The third kappa shape index (κ3) is 3.88. The summed E-state index contributed by atoms with van der Waals surface area (Å²) in [6.45, 7) is 4.41. The number of fused-ring (bicyclic) bond motifs is 1. The Morgan fingerprint density at radius 3 is 2.56 bits per heavy atom. The van der Waals surface area contributed by atoms with E-state index in [4.69, 9.17) is 28.9 Å². The zero-order valence-corrected chi connectivity index (χ0v) is 16.1. The summed E-state index contributed by atoms with van der Waals surface area (Å²) in [4.78, 5) is 23.9. The summed E-state index contributed by atoms with van der Waals surface area (Å²) in [5.41, 5.74) is 8.62. The number of hydrogen-bond acceptors (Lipinski definition) is 4. The lowest BCUT2D eigenvalue weighted by molar-refractivity contribution is 0.100. The number of rotatable bonds is 4. The van der Waals surface area contributed by atoms with Gasteiger partial charge in [-0.3, -0.25) is 9.69 Å². The molecule has 0 spiro atoms. The number of imidazole rings is 1. The van der Waals surface area contributed by atoms with E-state index in [9.17, 15) is 4.79 Å². The number of nitrogens with two attached hydrogens (primary N) is 1. The number of hydrogen-bond donors (Lipinski definition) is 2. The topological polar surface area (TPSA) is 78.2 Å². The number of benzene rings is 2. The van der Waals surface area contributed by atoms with Gasteiger partial charge >= 0.3 is 0 Å². The Hall–Kier alpha value is -2.28. The second kappa shape index (κ2) is 7.38. The van der Waals surface area contributed by atoms with Crippen molar-refractivity contribution >= 4 is 46.1 Å². The highest BCUT2D eigenvalue weighted by atomic mass is 35.5. The summed E-state index contributed by atoms with van der Waals surface area (Å²) in [5, 5.41) is 1.17. The minimum atomic E-state index is -0.441. The smallest absolute Gasteiger partial charge is 0.248 e. The molecule has 2 aromatic carbocycles. The molecule has 6 nitrogen and oxygen atoms in total. The van der Waals surface area contributed by atoms with E-state index in [0.717, 1.165) is 55.3 Å². The molecule has 0 saturated carbocycles. The molecular formula is C19H19Cl2N5O. The average Bonchev–Trinajstić information content (AvgIpc) is 3.08. The van der Waals surface area contributed by atoms with Crippen molar-refractivity contribution in [3.05, 3.63) is 57.6 Å². The molecule has 1 amide bonds. The fourth-order valence-electron chi connectivity index (χ4n) is 3.31. The first-order chi connectivity index (χ1) is 13.0. The number of primary amides is 1. The molecule has 1 fully saturated rings. The molecule has 3 N–H and O–H groups in total. The molecule has 0 atom stereocenters. The highest BCUT2D eigenvalue weighted by Gasteiger charge is 2.20. The van der Waals surface area contributed by atoms with E-state index >= 15 is 0 Å². The Morgan fingerprint density at radius 2 is 1.85 bits per heavy atom. The summed E-state index contributed by atoms with van der Waals surface area (Å²) >= 11 is 12.1. The molecule has 0 radical (unpaired) electrons. The number of aromatic nitrogens is 2. The molecule has 2 heterocycles. The maximum atomic E-state index is 11.3. The maximum Gasteiger partial charge on any atom is 0.248 e. The van der Waals surface area contributed by atoms with Crippen LogP contribution in [0, 0.1) is 0 Å². The molecule has 1 aromatic heterocycles. The molecule has 0 bridgehead atoms. The van der Waals surface area contributed by atoms with E-state index in [-0.39, 0.29) is 0 Å². The van der Waals surface area contributed by atoms with Crippen LogP contribution in [0.25, 0.3) is 11.0 Å². The molecule has 0 aliphatic carbocycles. The van der Waals surface area contributed by atoms with Gasteiger partial charge in [0, 0.05) is 38.3 Å². The Kier molecular flexibility index (Phi) is 4.95. The zero-order chi connectivity index (χ0) is 19.0. The minimum Gasteiger partial charge on any atom is -0.366 e. The number of nitrogens with one attached hydrogen (secondary N) is 1. The van der Waals surface area contributed by atoms with Gasteiger partial charge < -0.3 is 15.6 Å². The molecule has 1 aliphatic heterocycles. The number of piperazine rings is 1. The third-order valence-corrected chi connectivity index (χ3v) is 5.55. The number of carbonyl (C=O) groups excluding carboxylic acids is 1. The molecule has 1 saturated heterocycles. The third-order valence-electron chi connectivity index (χ3n) is 4.82. The van der Waals surface area contributed by atoms with Crippen molar-refractivity contribution in [2.24, 2.45) is 5.73 Å². The van der Waals surface area contributed by atoms with E-state index in [1.54, 1.807) is 12.1 Å². The van der Waals surface area contributed by atoms with Crippen molar-refractivity contribution < 1.29 is 4.79 Å². The highest BCUT2D eigenvalue weighted by Crippen LogP contribution is 2.24. The van der Waals surface area contributed by atoms with E-state index in [2.05, 4.69) is 19.8 Å². The molecule has 27 heavy (non-hydrogen) atoms. The first-order valence-electron chi connectivity index (χ1n) is 8.70. The second-order valence-electron chi connectivity index (χ2n) is 6.67. The molecule has 0 unspecified atom stereocenters. The fraction of sp³-hybridized carbons (Fsp3) is 0.263. The van der Waals surface area contributed by atoms with Crippen molar-refractivity contribution in [3.8, 4) is 0 Å². The Morgan fingerprint density at radius 1 is 1.07 bits per heavy atom. The van der Waals surface area contributed by atoms with Crippen LogP contribution in [0.15, 0.2) is 36.4 Å². The van der Waals surface area contributed by atoms with Crippen LogP contribution in [0.2, 0.25) is 10.0 Å². The molecule has 8 heteroatoms. The average molecular weight is 404 g/mol. The predicted molar refractivity (Wildman–Crippen MR) is 109 cm³/mol. The normalized spacial score (nSPS) is 15.4. The predicted octanol–water partition coefficient (Wildman–Crippen LogP) is 3.29. The summed E-state index contributed by atoms with van der Waals surface area (Å²) in [6.07, 6.45) is 0. The summed E-state index contributed by atoms with van der Waals surface area (Å²) in [5.74, 6) is 0.379. The zero-order valence-electron chi connectivity index (χ0n) is 14.6. The van der Waals surface area contributed by atoms with Crippen LogP contribution >= 0.6 is 23.2 Å². The summed E-state index contributed by atoms with van der Waals surface area (Å²) < 4.78 is 0. The standard InChI is InChI=1S/C19H19Cl2N5O/c20-14-3-1-12(9-15(14)21)11-25-5-7-26(8-6-25)19-23-16-4-2-13(18(22)27)10-17(16)24-19/h1-4,9-10H,5-8,11H2,(H2,22,27)(H,23,24). The van der Waals surface area contributed by atoms with Gasteiger partial charge in [0.15, 0.2) is 0 Å². The highest BCUT2D eigenvalue weighted by molar-refractivity contribution is 6.42. The van der Waals surface area contributed by atoms with Crippen LogP contribution in [-0.2, 0) is 6.54 Å². The largest absolute Gasteiger partial charge is 0.366 e. The molecule has 3 aromatic rings. The minimum absolute atomic E-state index is 0.441. The fourth-order valence-corrected chi connectivity index (χ4v) is 3.63. The van der Waals surface area contributed by atoms with Crippen LogP contribution in [0.3, 0.4) is 0 Å². The molecular weight excluding hydrogens is 385 g/mol. The van der Waals surface area contributed by atoms with Gasteiger partial charge in [-0.05, 0) is 35.9 Å². The SMILES string of the molecule is NC(=O)c1ccc2nc(N3CCN(Cc4ccc(Cl)c(Cl)c4)CC3)[nH]c2c1. The number of aromatic amines is 1. The number of nitrogens with zero attached hydrogens (tertiary/aromatic N) is 3. The van der Waals surface area contributed by atoms with Crippen molar-refractivity contribution in [1.82, 2.24) is 14.9 Å². The van der Waals surface area contributed by atoms with Crippen LogP contribution in [0.5, 0.6) is 0 Å². The first-order valence-corrected chi connectivity index (χ1v) is 9.46. The van der Waals surface area contributed by atoms with Crippen molar-refractivity contribution in [1.29, 1.82) is 0 Å². The molecule has 4 rings (SSSR count). The molecule has 1 aliphatic rings. The number of halogens is 2. The van der Waals surface area contributed by atoms with Gasteiger partial charge in [0.05, 0.1) is 21.1 Å². The van der Waals surface area contributed by atoms with E-state index < -0.39 is 5.91 Å². The lowest BCUT2D eigenvalue weighted by atomic mass is 10.2. The van der Waals surface area contributed by atoms with Gasteiger partial charge in [-0.15, -0.1) is 0 Å². The van der Waals surface area contributed by atoms with E-state index in [1.165, 1.54) is 0 Å². The van der Waals surface area contributed by atoms with Crippen LogP contribution in [0.4, 0.5) is 5.95 Å². The summed E-state index contributed by atoms with van der Waals surface area (Å²) in [6, 6.07) is 11.0. The Balaban J connectivity index is 1.42. The van der Waals surface area contributed by atoms with Gasteiger partial charge in [0.2, 0.25) is 11.9 Å². The van der Waals surface area contributed by atoms with Gasteiger partial charge in [-0.25, -0.2) is 4.98 Å². The molecule has 140 valence electrons. The van der Waals surface area contributed by atoms with Crippen molar-refractivity contribution in [2.45, 2.75) is 6.54 Å². The Bertz CT molecular complexity index is 995. The lowest BCUT2D eigenvalue weighted by Gasteiger charge is -2.34. The lowest BCUT2D eigenvalue weighted by Crippen LogP contribution is -2.46. The monoisotopic (exact) mass is 403 g/mol. The van der Waals surface area contributed by atoms with E-state index in [0.29, 0.717) is 15.6 Å². The second-order valence-corrected chi connectivity index (χ2v) is 7.48. The van der Waals surface area contributed by atoms with Crippen LogP contribution in [0.1, 0.15) is 15.9 Å². The van der Waals surface area contributed by atoms with Crippen molar-refractivity contribution in [3.63, 3.8) is 0 Å². The van der Waals surface area contributed by atoms with Gasteiger partial charge in [0.25, 0.3) is 0 Å². The first kappa shape index (κ1) is 18.1. The van der Waals surface area contributed by atoms with Gasteiger partial charge in [-0.1, -0.05) is 29.3 Å². The Labute approximate surface area is 166 Å². The van der Waals surface area contributed by atoms with E-state index in [1.807, 2.05) is 24.3 Å². The number of H-pyrrole nitrogens is 1. The van der Waals surface area contributed by atoms with Gasteiger partial charge in [-0.2, -0.15) is 0 Å². The number of amides is 1. The van der Waals surface area contributed by atoms with Crippen LogP contribution in [-0.4, -0.2) is 47.0 Å². The van der Waals surface area contributed by atoms with Gasteiger partial charge in [0.1, 0.15) is 0 Å². The summed E-state index contributed by atoms with van der Waals surface area (Å²) in [7, 11) is 0.